The maximum atomic E-state index is 7.48. The minimum atomic E-state index is 0.0776. The van der Waals surface area contributed by atoms with E-state index < -0.39 is 0 Å². The van der Waals surface area contributed by atoms with Crippen LogP contribution in [0.25, 0.3) is 0 Å². The van der Waals surface area contributed by atoms with Gasteiger partial charge in [-0.25, -0.2) is 0 Å². The Hall–Kier alpha value is -1.06. The van der Waals surface area contributed by atoms with Gasteiger partial charge in [0.25, 0.3) is 0 Å². The highest BCUT2D eigenvalue weighted by Crippen LogP contribution is 2.36. The lowest BCUT2D eigenvalue weighted by Crippen LogP contribution is -2.46. The van der Waals surface area contributed by atoms with Gasteiger partial charge in [-0.05, 0) is 49.8 Å². The maximum absolute atomic E-state index is 7.48. The fraction of sp³-hybridized carbons (Fsp3) is 0.588. The van der Waals surface area contributed by atoms with Crippen LogP contribution in [0.2, 0.25) is 5.02 Å². The van der Waals surface area contributed by atoms with Crippen LogP contribution in [0.5, 0.6) is 0 Å². The number of nitrogen functional groups attached to an aromatic ring is 1. The maximum Gasteiger partial charge on any atom is 0.122 e. The Labute approximate surface area is 132 Å². The number of rotatable bonds is 3. The molecule has 0 spiro atoms. The van der Waals surface area contributed by atoms with Crippen molar-refractivity contribution in [2.24, 2.45) is 11.7 Å². The van der Waals surface area contributed by atoms with Gasteiger partial charge in [0.15, 0.2) is 0 Å². The highest BCUT2D eigenvalue weighted by Gasteiger charge is 2.33. The number of nitrogens with zero attached hydrogens (tertiary/aromatic N) is 1. The first-order chi connectivity index (χ1) is 10.1. The fourth-order valence-electron chi connectivity index (χ4n) is 3.99. The lowest BCUT2D eigenvalue weighted by molar-refractivity contribution is 0.0547. The molecule has 2 unspecified atom stereocenters. The van der Waals surface area contributed by atoms with E-state index in [0.717, 1.165) is 29.1 Å². The van der Waals surface area contributed by atoms with E-state index in [1.54, 1.807) is 0 Å². The predicted molar refractivity (Wildman–Crippen MR) is 87.9 cm³/mol. The average Bonchev–Trinajstić information content (AvgIpc) is 2.49. The van der Waals surface area contributed by atoms with Crippen LogP contribution in [-0.4, -0.2) is 23.3 Å². The summed E-state index contributed by atoms with van der Waals surface area (Å²) in [7, 11) is 0. The molecule has 0 amide bonds. The fourth-order valence-corrected chi connectivity index (χ4v) is 4.23. The van der Waals surface area contributed by atoms with E-state index in [2.05, 4.69) is 4.90 Å². The SMILES string of the molecule is N=C(N)c1ccc(CN2CCCC3CCCCC32)c(Cl)c1. The van der Waals surface area contributed by atoms with E-state index in [1.807, 2.05) is 18.2 Å². The second-order valence-electron chi connectivity index (χ2n) is 6.44. The number of amidine groups is 1. The number of halogens is 1. The normalized spacial score (nSPS) is 26.3. The molecule has 1 aromatic rings. The molecule has 114 valence electrons. The molecule has 1 heterocycles. The number of nitrogens with two attached hydrogens (primary N) is 1. The molecule has 2 atom stereocenters. The van der Waals surface area contributed by atoms with Crippen molar-refractivity contribution in [2.45, 2.75) is 51.1 Å². The Morgan fingerprint density at radius 1 is 1.24 bits per heavy atom. The van der Waals surface area contributed by atoms with Crippen molar-refractivity contribution in [3.63, 3.8) is 0 Å². The molecule has 1 aliphatic heterocycles. The van der Waals surface area contributed by atoms with Crippen LogP contribution < -0.4 is 5.73 Å². The van der Waals surface area contributed by atoms with E-state index in [4.69, 9.17) is 22.7 Å². The molecule has 0 aromatic heterocycles. The first-order valence-corrected chi connectivity index (χ1v) is 8.40. The van der Waals surface area contributed by atoms with Crippen molar-refractivity contribution in [3.8, 4) is 0 Å². The summed E-state index contributed by atoms with van der Waals surface area (Å²) in [6.07, 6.45) is 8.23. The quantitative estimate of drug-likeness (QED) is 0.659. The van der Waals surface area contributed by atoms with Gasteiger partial charge >= 0.3 is 0 Å². The van der Waals surface area contributed by atoms with Crippen molar-refractivity contribution in [3.05, 3.63) is 34.3 Å². The zero-order valence-electron chi connectivity index (χ0n) is 12.4. The van der Waals surface area contributed by atoms with Crippen molar-refractivity contribution < 1.29 is 0 Å². The van der Waals surface area contributed by atoms with E-state index in [9.17, 15) is 0 Å². The van der Waals surface area contributed by atoms with Crippen LogP contribution in [0.3, 0.4) is 0 Å². The molecule has 3 rings (SSSR count). The lowest BCUT2D eigenvalue weighted by atomic mass is 9.78. The zero-order valence-corrected chi connectivity index (χ0v) is 13.2. The molecule has 4 heteroatoms. The van der Waals surface area contributed by atoms with Crippen LogP contribution in [0.1, 0.15) is 49.7 Å². The minimum absolute atomic E-state index is 0.0776. The molecular weight excluding hydrogens is 282 g/mol. The van der Waals surface area contributed by atoms with Gasteiger partial charge in [0.1, 0.15) is 5.84 Å². The third-order valence-corrected chi connectivity index (χ3v) is 5.45. The molecule has 1 aromatic carbocycles. The molecule has 2 aliphatic rings. The van der Waals surface area contributed by atoms with Crippen molar-refractivity contribution in [1.82, 2.24) is 4.90 Å². The number of hydrogen-bond donors (Lipinski definition) is 2. The van der Waals surface area contributed by atoms with Crippen molar-refractivity contribution >= 4 is 17.4 Å². The van der Waals surface area contributed by atoms with E-state index in [0.29, 0.717) is 5.56 Å². The third kappa shape index (κ3) is 3.24. The minimum Gasteiger partial charge on any atom is -0.384 e. The number of fused-ring (bicyclic) bond motifs is 1. The monoisotopic (exact) mass is 305 g/mol. The second kappa shape index (κ2) is 6.37. The standard InChI is InChI=1S/C17H24ClN3/c18-15-10-13(17(19)20)7-8-14(15)11-21-9-3-5-12-4-1-2-6-16(12)21/h7-8,10,12,16H,1-6,9,11H2,(H3,19,20). The van der Waals surface area contributed by atoms with Crippen molar-refractivity contribution in [1.29, 1.82) is 5.41 Å². The first kappa shape index (κ1) is 14.9. The predicted octanol–water partition coefficient (Wildman–Crippen LogP) is 3.78. The Morgan fingerprint density at radius 3 is 2.76 bits per heavy atom. The van der Waals surface area contributed by atoms with Crippen LogP contribution in [0, 0.1) is 11.3 Å². The largest absolute Gasteiger partial charge is 0.384 e. The third-order valence-electron chi connectivity index (χ3n) is 5.10. The van der Waals surface area contributed by atoms with Crippen LogP contribution in [0.4, 0.5) is 0 Å². The molecule has 0 radical (unpaired) electrons. The zero-order chi connectivity index (χ0) is 14.8. The molecule has 1 saturated heterocycles. The summed E-state index contributed by atoms with van der Waals surface area (Å²) in [5.74, 6) is 0.969. The summed E-state index contributed by atoms with van der Waals surface area (Å²) in [5, 5.41) is 8.22. The number of piperidine rings is 1. The Balaban J connectivity index is 1.74. The van der Waals surface area contributed by atoms with Gasteiger partial charge in [-0.15, -0.1) is 0 Å². The van der Waals surface area contributed by atoms with Gasteiger partial charge < -0.3 is 5.73 Å². The number of nitrogens with one attached hydrogen (secondary N) is 1. The number of likely N-dealkylation sites (tertiary alicyclic amines) is 1. The molecule has 1 aliphatic carbocycles. The summed E-state index contributed by atoms with van der Waals surface area (Å²) < 4.78 is 0. The number of hydrogen-bond acceptors (Lipinski definition) is 2. The molecule has 2 fully saturated rings. The van der Waals surface area contributed by atoms with Gasteiger partial charge in [0.2, 0.25) is 0 Å². The van der Waals surface area contributed by atoms with Gasteiger partial charge in [-0.3, -0.25) is 10.3 Å². The topological polar surface area (TPSA) is 53.1 Å². The molecule has 3 N–H and O–H groups in total. The van der Waals surface area contributed by atoms with E-state index in [1.165, 1.54) is 45.1 Å². The van der Waals surface area contributed by atoms with Gasteiger partial charge in [0, 0.05) is 23.2 Å². The van der Waals surface area contributed by atoms with Crippen LogP contribution in [-0.2, 0) is 6.54 Å². The molecule has 0 bridgehead atoms. The highest BCUT2D eigenvalue weighted by molar-refractivity contribution is 6.31. The average molecular weight is 306 g/mol. The summed E-state index contributed by atoms with van der Waals surface area (Å²) in [4.78, 5) is 2.63. The molecule has 21 heavy (non-hydrogen) atoms. The van der Waals surface area contributed by atoms with Gasteiger partial charge in [-0.1, -0.05) is 36.6 Å². The summed E-state index contributed by atoms with van der Waals surface area (Å²) in [6, 6.07) is 6.51. The summed E-state index contributed by atoms with van der Waals surface area (Å²) in [5.41, 5.74) is 7.39. The van der Waals surface area contributed by atoms with Gasteiger partial charge in [-0.2, -0.15) is 0 Å². The number of benzene rings is 1. The summed E-state index contributed by atoms with van der Waals surface area (Å²) >= 11 is 6.39. The van der Waals surface area contributed by atoms with E-state index in [-0.39, 0.29) is 5.84 Å². The lowest BCUT2D eigenvalue weighted by Gasteiger charge is -2.44. The molecule has 1 saturated carbocycles. The van der Waals surface area contributed by atoms with Crippen LogP contribution >= 0.6 is 11.6 Å². The van der Waals surface area contributed by atoms with Crippen LogP contribution in [0.15, 0.2) is 18.2 Å². The summed E-state index contributed by atoms with van der Waals surface area (Å²) in [6.45, 7) is 2.12. The van der Waals surface area contributed by atoms with E-state index >= 15 is 0 Å². The second-order valence-corrected chi connectivity index (χ2v) is 6.85. The Kier molecular flexibility index (Phi) is 4.51. The Bertz CT molecular complexity index is 527. The van der Waals surface area contributed by atoms with Crippen molar-refractivity contribution in [2.75, 3.05) is 6.54 Å². The highest BCUT2D eigenvalue weighted by atomic mass is 35.5. The molecular formula is C17H24ClN3. The molecule has 3 nitrogen and oxygen atoms in total. The first-order valence-electron chi connectivity index (χ1n) is 8.02. The smallest absolute Gasteiger partial charge is 0.122 e. The Morgan fingerprint density at radius 2 is 2.00 bits per heavy atom. The van der Waals surface area contributed by atoms with Gasteiger partial charge in [0.05, 0.1) is 0 Å².